The van der Waals surface area contributed by atoms with Gasteiger partial charge in [-0.15, -0.1) is 0 Å². The molecule has 0 aromatic heterocycles. The highest BCUT2D eigenvalue weighted by atomic mass is 35.5. The predicted molar refractivity (Wildman–Crippen MR) is 141 cm³/mol. The van der Waals surface area contributed by atoms with E-state index in [0.29, 0.717) is 29.2 Å². The molecular formula is C28H30ClNO5S. The number of aryl methyl sites for hydroxylation is 1. The molecule has 6 nitrogen and oxygen atoms in total. The van der Waals surface area contributed by atoms with E-state index < -0.39 is 16.2 Å². The van der Waals surface area contributed by atoms with Crippen LogP contribution >= 0.6 is 11.6 Å². The van der Waals surface area contributed by atoms with E-state index in [1.807, 2.05) is 30.3 Å². The van der Waals surface area contributed by atoms with Crippen molar-refractivity contribution in [1.82, 2.24) is 0 Å². The third-order valence-corrected chi connectivity index (χ3v) is 7.87. The van der Waals surface area contributed by atoms with Gasteiger partial charge in [0.05, 0.1) is 22.9 Å². The number of rotatable bonds is 8. The molecule has 1 aliphatic rings. The summed E-state index contributed by atoms with van der Waals surface area (Å²) in [4.78, 5) is 14.6. The number of benzene rings is 3. The van der Waals surface area contributed by atoms with Gasteiger partial charge in [-0.05, 0) is 91.6 Å². The lowest BCUT2D eigenvalue weighted by Crippen LogP contribution is -2.29. The molecule has 1 N–H and O–H groups in total. The summed E-state index contributed by atoms with van der Waals surface area (Å²) in [6.45, 7) is 0.388. The molecule has 1 amide bonds. The third-order valence-electron chi connectivity index (χ3n) is 6.75. The maximum atomic E-state index is 13.1. The molecule has 0 radical (unpaired) electrons. The van der Waals surface area contributed by atoms with E-state index in [1.54, 1.807) is 41.3 Å². The minimum atomic E-state index is -4.16. The Morgan fingerprint density at radius 2 is 1.44 bits per heavy atom. The fourth-order valence-corrected chi connectivity index (χ4v) is 5.27. The first-order valence-electron chi connectivity index (χ1n) is 12.1. The first-order valence-corrected chi connectivity index (χ1v) is 14.0. The van der Waals surface area contributed by atoms with Crippen molar-refractivity contribution in [2.45, 2.75) is 43.4 Å². The van der Waals surface area contributed by atoms with Crippen LogP contribution in [0, 0.1) is 11.8 Å². The Morgan fingerprint density at radius 1 is 0.861 bits per heavy atom. The van der Waals surface area contributed by atoms with Gasteiger partial charge in [0, 0.05) is 5.02 Å². The number of carbonyl (C=O) groups is 1. The van der Waals surface area contributed by atoms with Crippen molar-refractivity contribution in [2.75, 3.05) is 11.5 Å². The van der Waals surface area contributed by atoms with Gasteiger partial charge < -0.3 is 4.74 Å². The van der Waals surface area contributed by atoms with E-state index in [9.17, 15) is 13.2 Å². The van der Waals surface area contributed by atoms with Crippen molar-refractivity contribution in [3.8, 4) is 0 Å². The van der Waals surface area contributed by atoms with E-state index in [2.05, 4.69) is 0 Å². The zero-order chi connectivity index (χ0) is 25.5. The van der Waals surface area contributed by atoms with Crippen LogP contribution in [0.5, 0.6) is 0 Å². The summed E-state index contributed by atoms with van der Waals surface area (Å²) in [6, 6.07) is 22.9. The molecule has 0 saturated heterocycles. The monoisotopic (exact) mass is 527 g/mol. The first-order chi connectivity index (χ1) is 17.3. The van der Waals surface area contributed by atoms with E-state index in [4.69, 9.17) is 20.9 Å². The van der Waals surface area contributed by atoms with Crippen molar-refractivity contribution in [3.63, 3.8) is 0 Å². The second kappa shape index (κ2) is 11.9. The van der Waals surface area contributed by atoms with Crippen LogP contribution in [0.3, 0.4) is 0 Å². The normalized spacial score (nSPS) is 17.9. The first kappa shape index (κ1) is 26.2. The Morgan fingerprint density at radius 3 is 2.06 bits per heavy atom. The Kier molecular flexibility index (Phi) is 8.67. The number of amides is 1. The van der Waals surface area contributed by atoms with Crippen LogP contribution in [-0.4, -0.2) is 25.7 Å². The van der Waals surface area contributed by atoms with Crippen molar-refractivity contribution in [2.24, 2.45) is 11.8 Å². The molecule has 190 valence electrons. The quantitative estimate of drug-likeness (QED) is 0.311. The number of hydrogen-bond acceptors (Lipinski definition) is 4. The molecule has 3 aromatic rings. The number of halogens is 1. The van der Waals surface area contributed by atoms with Crippen molar-refractivity contribution < 1.29 is 22.5 Å². The Bertz CT molecular complexity index is 1240. The van der Waals surface area contributed by atoms with Gasteiger partial charge in [0.25, 0.3) is 10.1 Å². The highest BCUT2D eigenvalue weighted by Gasteiger charge is 2.25. The molecular weight excluding hydrogens is 498 g/mol. The minimum absolute atomic E-state index is 0.0804. The van der Waals surface area contributed by atoms with Crippen molar-refractivity contribution in [1.29, 1.82) is 0 Å². The SMILES string of the molecule is O=C(OCC1CCC(CCc2ccc(S(=O)(=O)O)cc2)CC1)N(c1ccccc1)c1ccc(Cl)cc1. The van der Waals surface area contributed by atoms with Gasteiger partial charge in [-0.3, -0.25) is 4.55 Å². The van der Waals surface area contributed by atoms with Gasteiger partial charge >= 0.3 is 6.09 Å². The molecule has 8 heteroatoms. The number of carbonyl (C=O) groups excluding carboxylic acids is 1. The summed E-state index contributed by atoms with van der Waals surface area (Å²) < 4.78 is 37.2. The van der Waals surface area contributed by atoms with Gasteiger partial charge in [0.2, 0.25) is 0 Å². The number of nitrogens with zero attached hydrogens (tertiary/aromatic N) is 1. The molecule has 1 fully saturated rings. The summed E-state index contributed by atoms with van der Waals surface area (Å²) in [7, 11) is -4.16. The third kappa shape index (κ3) is 7.09. The summed E-state index contributed by atoms with van der Waals surface area (Å²) in [5.74, 6) is 0.926. The van der Waals surface area contributed by atoms with Crippen LogP contribution in [0.2, 0.25) is 5.02 Å². The summed E-state index contributed by atoms with van der Waals surface area (Å²) in [5, 5.41) is 0.604. The summed E-state index contributed by atoms with van der Waals surface area (Å²) in [6.07, 6.45) is 5.64. The molecule has 0 atom stereocenters. The van der Waals surface area contributed by atoms with Crippen LogP contribution in [0.25, 0.3) is 0 Å². The van der Waals surface area contributed by atoms with E-state index in [-0.39, 0.29) is 4.90 Å². The molecule has 3 aromatic carbocycles. The molecule has 0 heterocycles. The molecule has 0 aliphatic heterocycles. The summed E-state index contributed by atoms with van der Waals surface area (Å²) >= 11 is 6.03. The lowest BCUT2D eigenvalue weighted by molar-refractivity contribution is 0.115. The van der Waals surface area contributed by atoms with Crippen LogP contribution in [-0.2, 0) is 21.3 Å². The molecule has 0 spiro atoms. The Balaban J connectivity index is 1.26. The highest BCUT2D eigenvalue weighted by Crippen LogP contribution is 2.33. The minimum Gasteiger partial charge on any atom is -0.449 e. The highest BCUT2D eigenvalue weighted by molar-refractivity contribution is 7.85. The standard InChI is InChI=1S/C28H30ClNO5S/c29-24-14-16-26(17-15-24)30(25-4-2-1-3-5-25)28(31)35-20-23-10-8-21(9-11-23)6-7-22-12-18-27(19-13-22)36(32,33)34/h1-5,12-19,21,23H,6-11,20H2,(H,32,33,34). The number of anilines is 2. The second-order valence-electron chi connectivity index (χ2n) is 9.27. The Hall–Kier alpha value is -2.87. The lowest BCUT2D eigenvalue weighted by atomic mass is 9.80. The van der Waals surface area contributed by atoms with Crippen LogP contribution < -0.4 is 4.90 Å². The van der Waals surface area contributed by atoms with Gasteiger partial charge in [0.15, 0.2) is 0 Å². The number of hydrogen-bond donors (Lipinski definition) is 1. The Labute approximate surface area is 217 Å². The molecule has 0 unspecified atom stereocenters. The maximum absolute atomic E-state index is 13.1. The predicted octanol–water partition coefficient (Wildman–Crippen LogP) is 7.30. The fourth-order valence-electron chi connectivity index (χ4n) is 4.67. The van der Waals surface area contributed by atoms with Gasteiger partial charge in [0.1, 0.15) is 0 Å². The molecule has 36 heavy (non-hydrogen) atoms. The van der Waals surface area contributed by atoms with Crippen molar-refractivity contribution in [3.05, 3.63) is 89.4 Å². The van der Waals surface area contributed by atoms with Crippen LogP contribution in [0.1, 0.15) is 37.7 Å². The van der Waals surface area contributed by atoms with Gasteiger partial charge in [-0.2, -0.15) is 8.42 Å². The topological polar surface area (TPSA) is 83.9 Å². The van der Waals surface area contributed by atoms with Crippen molar-refractivity contribution >= 4 is 39.2 Å². The van der Waals surface area contributed by atoms with Gasteiger partial charge in [-0.25, -0.2) is 9.69 Å². The van der Waals surface area contributed by atoms with Crippen LogP contribution in [0.15, 0.2) is 83.8 Å². The van der Waals surface area contributed by atoms with Crippen LogP contribution in [0.4, 0.5) is 16.2 Å². The van der Waals surface area contributed by atoms with Gasteiger partial charge in [-0.1, -0.05) is 54.8 Å². The van der Waals surface area contributed by atoms with E-state index >= 15 is 0 Å². The summed E-state index contributed by atoms with van der Waals surface area (Å²) in [5.41, 5.74) is 2.49. The number of para-hydroxylation sites is 1. The molecule has 4 rings (SSSR count). The zero-order valence-corrected chi connectivity index (χ0v) is 21.5. The fraction of sp³-hybridized carbons (Fsp3) is 0.321. The average molecular weight is 528 g/mol. The molecule has 1 saturated carbocycles. The molecule has 1 aliphatic carbocycles. The average Bonchev–Trinajstić information content (AvgIpc) is 2.88. The lowest BCUT2D eigenvalue weighted by Gasteiger charge is -2.29. The smallest absolute Gasteiger partial charge is 0.418 e. The maximum Gasteiger partial charge on any atom is 0.418 e. The van der Waals surface area contributed by atoms with E-state index in [1.165, 1.54) is 12.1 Å². The van der Waals surface area contributed by atoms with E-state index in [0.717, 1.165) is 49.8 Å². The zero-order valence-electron chi connectivity index (χ0n) is 19.9. The second-order valence-corrected chi connectivity index (χ2v) is 11.1. The number of ether oxygens (including phenoxy) is 1. The molecule has 0 bridgehead atoms. The largest absolute Gasteiger partial charge is 0.449 e.